The first-order valence-electron chi connectivity index (χ1n) is 22.9. The second-order valence-corrected chi connectivity index (χ2v) is 17.4. The largest absolute Gasteiger partial charge is 0.480 e. The number of amides is 11. The maximum Gasteiger partial charge on any atom is 0.328 e. The van der Waals surface area contributed by atoms with Crippen LogP contribution < -0.4 is 59.7 Å². The number of aromatic amines is 2. The number of carboxylic acids is 1. The molecule has 73 heavy (non-hydrogen) atoms. The number of nitrogens with two attached hydrogens (primary N) is 3. The summed E-state index contributed by atoms with van der Waals surface area (Å²) < 4.78 is 0. The van der Waals surface area contributed by atoms with Crippen LogP contribution in [0.25, 0.3) is 0 Å². The van der Waals surface area contributed by atoms with Crippen LogP contribution in [0, 0.1) is 5.92 Å². The molecule has 0 bridgehead atoms. The number of imidazole rings is 2. The van der Waals surface area contributed by atoms with E-state index in [4.69, 9.17) is 17.2 Å². The predicted molar refractivity (Wildman–Crippen MR) is 255 cm³/mol. The number of aliphatic hydroxyl groups excluding tert-OH is 1. The molecule has 0 aromatic carbocycles. The van der Waals surface area contributed by atoms with Crippen LogP contribution >= 0.6 is 12.6 Å². The number of nitrogens with zero attached hydrogens (tertiary/aromatic N) is 3. The average Bonchev–Trinajstić information content (AvgIpc) is 4.17. The zero-order valence-electron chi connectivity index (χ0n) is 40.2. The normalized spacial score (nSPS) is 16.8. The topological polar surface area (TPSA) is 480 Å². The Labute approximate surface area is 422 Å². The first-order valence-corrected chi connectivity index (χ1v) is 23.5. The number of aliphatic hydroxyl groups is 1. The molecule has 1 saturated heterocycles. The lowest BCUT2D eigenvalue weighted by Gasteiger charge is -2.30. The maximum absolute atomic E-state index is 13.8. The molecule has 0 radical (unpaired) electrons. The van der Waals surface area contributed by atoms with Gasteiger partial charge in [0.1, 0.15) is 48.3 Å². The summed E-state index contributed by atoms with van der Waals surface area (Å²) in [7, 11) is 0. The fraction of sp³-hybridized carbons (Fsp3) is 0.571. The van der Waals surface area contributed by atoms with Crippen LogP contribution in [0.1, 0.15) is 64.3 Å². The summed E-state index contributed by atoms with van der Waals surface area (Å²) in [6.07, 6.45) is 4.32. The van der Waals surface area contributed by atoms with Crippen molar-refractivity contribution in [1.29, 1.82) is 0 Å². The number of aromatic nitrogens is 4. The third-order valence-corrected chi connectivity index (χ3v) is 11.9. The highest BCUT2D eigenvalue weighted by atomic mass is 32.1. The van der Waals surface area contributed by atoms with Gasteiger partial charge < -0.3 is 84.8 Å². The number of primary amides is 2. The van der Waals surface area contributed by atoms with Crippen molar-refractivity contribution in [1.82, 2.24) is 67.4 Å². The summed E-state index contributed by atoms with van der Waals surface area (Å²) in [5.74, 6) is -12.7. The van der Waals surface area contributed by atoms with Crippen LogP contribution in [0.15, 0.2) is 25.0 Å². The van der Waals surface area contributed by atoms with Crippen molar-refractivity contribution in [3.8, 4) is 0 Å². The van der Waals surface area contributed by atoms with Gasteiger partial charge >= 0.3 is 5.97 Å². The molecule has 2 aromatic heterocycles. The Hall–Kier alpha value is -7.67. The maximum atomic E-state index is 13.8. The van der Waals surface area contributed by atoms with E-state index in [0.29, 0.717) is 18.5 Å². The zero-order valence-corrected chi connectivity index (χ0v) is 41.1. The van der Waals surface area contributed by atoms with E-state index < -0.39 is 151 Å². The minimum atomic E-state index is -1.86. The summed E-state index contributed by atoms with van der Waals surface area (Å²) in [5, 5.41) is 37.1. The third kappa shape index (κ3) is 18.8. The SMILES string of the molecule is CC[C@H](C)[C@H](N)C(=O)N1CCC[C@H]1C(=O)N[C@@H](CS)C(=O)N[C@@H](CC(N)=O)C(=O)N[C@@H](CC(N)=O)C(=O)N[C@@H](Cc1cnc[nH]1)C(=O)NCC(=O)N[C@@H](C)C(=O)N[C@@H](Cc1cnc[nH]1)C(=O)N[C@@H](CO)C(=O)O. The van der Waals surface area contributed by atoms with Gasteiger partial charge in [-0.25, -0.2) is 14.8 Å². The first-order chi connectivity index (χ1) is 34.5. The van der Waals surface area contributed by atoms with E-state index in [1.54, 1.807) is 6.92 Å². The van der Waals surface area contributed by atoms with Gasteiger partial charge in [-0.1, -0.05) is 20.3 Å². The molecule has 0 spiro atoms. The number of H-pyrrole nitrogens is 2. The molecule has 1 fully saturated rings. The molecule has 2 aromatic rings. The second-order valence-electron chi connectivity index (χ2n) is 17.1. The van der Waals surface area contributed by atoms with Crippen LogP contribution in [0.2, 0.25) is 0 Å². The summed E-state index contributed by atoms with van der Waals surface area (Å²) in [6.45, 7) is 3.41. The molecule has 3 rings (SSSR count). The van der Waals surface area contributed by atoms with Gasteiger partial charge in [0, 0.05) is 48.9 Å². The Morgan fingerprint density at radius 3 is 1.66 bits per heavy atom. The number of likely N-dealkylation sites (tertiary alicyclic amines) is 1. The van der Waals surface area contributed by atoms with Gasteiger partial charge in [-0.05, 0) is 25.7 Å². The minimum Gasteiger partial charge on any atom is -0.480 e. The van der Waals surface area contributed by atoms with Crippen LogP contribution in [0.3, 0.4) is 0 Å². The summed E-state index contributed by atoms with van der Waals surface area (Å²) in [4.78, 5) is 170. The number of carboxylic acid groups (broad SMARTS) is 1. The predicted octanol–water partition coefficient (Wildman–Crippen LogP) is -7.43. The Bertz CT molecular complexity index is 2290. The summed E-state index contributed by atoms with van der Waals surface area (Å²) in [6, 6.07) is -13.0. The molecule has 0 saturated carbocycles. The zero-order chi connectivity index (χ0) is 54.5. The van der Waals surface area contributed by atoms with Crippen molar-refractivity contribution in [3.05, 3.63) is 36.4 Å². The molecule has 0 aliphatic carbocycles. The van der Waals surface area contributed by atoms with Gasteiger partial charge in [-0.3, -0.25) is 52.7 Å². The van der Waals surface area contributed by atoms with E-state index in [0.717, 1.165) is 0 Å². The Morgan fingerprint density at radius 1 is 0.712 bits per heavy atom. The van der Waals surface area contributed by atoms with E-state index >= 15 is 0 Å². The highest BCUT2D eigenvalue weighted by molar-refractivity contribution is 7.80. The quantitative estimate of drug-likeness (QED) is 0.0323. The van der Waals surface area contributed by atoms with Gasteiger partial charge in [0.2, 0.25) is 65.0 Å². The number of carbonyl (C=O) groups excluding carboxylic acids is 11. The second kappa shape index (κ2) is 29.0. The Morgan fingerprint density at radius 2 is 1.19 bits per heavy atom. The van der Waals surface area contributed by atoms with Crippen molar-refractivity contribution < 1.29 is 67.7 Å². The van der Waals surface area contributed by atoms with Gasteiger partial charge in [-0.2, -0.15) is 12.6 Å². The van der Waals surface area contributed by atoms with Crippen LogP contribution in [0.5, 0.6) is 0 Å². The molecular weight excluding hydrogens is 985 g/mol. The minimum absolute atomic E-state index is 0.174. The third-order valence-electron chi connectivity index (χ3n) is 11.5. The molecule has 18 N–H and O–H groups in total. The molecule has 402 valence electrons. The average molecular weight is 1050 g/mol. The molecule has 1 aliphatic heterocycles. The van der Waals surface area contributed by atoms with Crippen LogP contribution in [0.4, 0.5) is 0 Å². The molecule has 10 atom stereocenters. The number of hydrogen-bond donors (Lipinski definition) is 16. The van der Waals surface area contributed by atoms with E-state index in [-0.39, 0.29) is 43.2 Å². The molecule has 31 heteroatoms. The highest BCUT2D eigenvalue weighted by Gasteiger charge is 2.39. The van der Waals surface area contributed by atoms with Gasteiger partial charge in [-0.15, -0.1) is 0 Å². The summed E-state index contributed by atoms with van der Waals surface area (Å²) >= 11 is 4.16. The lowest BCUT2D eigenvalue weighted by molar-refractivity contribution is -0.143. The first kappa shape index (κ1) is 59.6. The van der Waals surface area contributed by atoms with E-state index in [1.807, 2.05) is 6.92 Å². The van der Waals surface area contributed by atoms with Gasteiger partial charge in [0.15, 0.2) is 0 Å². The van der Waals surface area contributed by atoms with Crippen molar-refractivity contribution in [2.75, 3.05) is 25.4 Å². The smallest absolute Gasteiger partial charge is 0.328 e. The van der Waals surface area contributed by atoms with Gasteiger partial charge in [0.05, 0.1) is 44.7 Å². The number of rotatable bonds is 30. The van der Waals surface area contributed by atoms with Crippen molar-refractivity contribution >= 4 is 83.6 Å². The molecule has 3 heterocycles. The number of nitrogens with one attached hydrogen (secondary N) is 10. The molecular formula is C42H64N16O14S. The molecule has 0 unspecified atom stereocenters. The lowest BCUT2D eigenvalue weighted by Crippen LogP contribution is -2.60. The number of aliphatic carboxylic acids is 1. The van der Waals surface area contributed by atoms with Crippen molar-refractivity contribution in [2.24, 2.45) is 23.1 Å². The molecule has 11 amide bonds. The number of hydrogen-bond acceptors (Lipinski definition) is 17. The number of carbonyl (C=O) groups is 12. The van der Waals surface area contributed by atoms with E-state index in [9.17, 15) is 67.7 Å². The van der Waals surface area contributed by atoms with Crippen molar-refractivity contribution in [3.63, 3.8) is 0 Å². The summed E-state index contributed by atoms with van der Waals surface area (Å²) in [5.41, 5.74) is 17.6. The fourth-order valence-electron chi connectivity index (χ4n) is 7.15. The lowest BCUT2D eigenvalue weighted by atomic mass is 9.98. The van der Waals surface area contributed by atoms with Crippen molar-refractivity contribution in [2.45, 2.75) is 120 Å². The Balaban J connectivity index is 1.70. The van der Waals surface area contributed by atoms with E-state index in [2.05, 4.69) is 75.1 Å². The van der Waals surface area contributed by atoms with E-state index in [1.165, 1.54) is 36.9 Å². The Kier molecular flexibility index (Phi) is 23.7. The van der Waals surface area contributed by atoms with Crippen LogP contribution in [-0.2, 0) is 70.4 Å². The number of thiol groups is 1. The highest BCUT2D eigenvalue weighted by Crippen LogP contribution is 2.21. The monoisotopic (exact) mass is 1050 g/mol. The standard InChI is InChI=1S/C42H64N16O14S/c1-4-19(2)33(45)41(70)58-7-5-6-29(58)40(69)57-28(16-73)39(68)55-26(11-31(44)61)38(67)54-25(10-30(43)60)37(66)53-23(8-21-12-46-17-49-21)35(64)48-14-32(62)51-20(3)34(63)52-24(9-22-13-47-18-50-22)36(65)56-27(15-59)42(71)72/h12-13,17-20,23-29,33,59,73H,4-11,14-16,45H2,1-3H3,(H2,43,60)(H2,44,61)(H,46,49)(H,47,50)(H,48,64)(H,51,62)(H,52,63)(H,53,66)(H,54,67)(H,55,68)(H,56,65)(H,57,69)(H,71,72)/t19-,20-,23-,24-,25-,26-,27-,28-,29-,33-/m0/s1. The molecule has 1 aliphatic rings. The fourth-order valence-corrected chi connectivity index (χ4v) is 7.40. The van der Waals surface area contributed by atoms with Crippen LogP contribution in [-0.4, -0.2) is 186 Å². The van der Waals surface area contributed by atoms with Gasteiger partial charge in [0.25, 0.3) is 0 Å². The molecule has 30 nitrogen and oxygen atoms in total.